The highest BCUT2D eigenvalue weighted by molar-refractivity contribution is 5.91. The van der Waals surface area contributed by atoms with Crippen LogP contribution in [-0.4, -0.2) is 13.1 Å². The van der Waals surface area contributed by atoms with Crippen molar-refractivity contribution in [3.05, 3.63) is 72.3 Å². The van der Waals surface area contributed by atoms with Crippen LogP contribution in [0.4, 0.5) is 0 Å². The number of benzene rings is 2. The molecule has 0 heterocycles. The molecule has 0 aliphatic carbocycles. The standard InChI is InChI=1S/C17H16O3/c1-3-7-13-10-11-15(19-2)16(12-13)20-17(18)14-8-5-4-6-9-14/h3-6,8-12H,1,7H2,2H3. The first-order chi connectivity index (χ1) is 9.74. The highest BCUT2D eigenvalue weighted by atomic mass is 16.6. The molecule has 0 radical (unpaired) electrons. The predicted molar refractivity (Wildman–Crippen MR) is 78.3 cm³/mol. The SMILES string of the molecule is C=CCc1ccc(OC)c(OC(=O)c2ccccc2)c1. The summed E-state index contributed by atoms with van der Waals surface area (Å²) in [6.07, 6.45) is 2.50. The molecule has 20 heavy (non-hydrogen) atoms. The van der Waals surface area contributed by atoms with Gasteiger partial charge in [0.2, 0.25) is 0 Å². The maximum absolute atomic E-state index is 12.1. The van der Waals surface area contributed by atoms with E-state index in [1.54, 1.807) is 49.6 Å². The number of carbonyl (C=O) groups is 1. The van der Waals surface area contributed by atoms with Crippen molar-refractivity contribution in [3.8, 4) is 11.5 Å². The van der Waals surface area contributed by atoms with E-state index in [0.717, 1.165) is 5.56 Å². The molecule has 0 N–H and O–H groups in total. The van der Waals surface area contributed by atoms with E-state index in [1.807, 2.05) is 12.1 Å². The Morgan fingerprint density at radius 3 is 2.55 bits per heavy atom. The van der Waals surface area contributed by atoms with E-state index in [9.17, 15) is 4.79 Å². The lowest BCUT2D eigenvalue weighted by atomic mass is 10.1. The van der Waals surface area contributed by atoms with Crippen LogP contribution in [0.2, 0.25) is 0 Å². The molecular formula is C17H16O3. The molecule has 0 spiro atoms. The van der Waals surface area contributed by atoms with Crippen molar-refractivity contribution >= 4 is 5.97 Å². The fraction of sp³-hybridized carbons (Fsp3) is 0.118. The van der Waals surface area contributed by atoms with Gasteiger partial charge >= 0.3 is 5.97 Å². The summed E-state index contributed by atoms with van der Waals surface area (Å²) in [7, 11) is 1.54. The molecule has 102 valence electrons. The minimum atomic E-state index is -0.403. The van der Waals surface area contributed by atoms with Crippen molar-refractivity contribution in [2.24, 2.45) is 0 Å². The summed E-state index contributed by atoms with van der Waals surface area (Å²) in [6.45, 7) is 3.70. The third-order valence-corrected chi connectivity index (χ3v) is 2.82. The molecule has 0 saturated carbocycles. The summed E-state index contributed by atoms with van der Waals surface area (Å²) < 4.78 is 10.6. The molecule has 2 rings (SSSR count). The van der Waals surface area contributed by atoms with Crippen LogP contribution in [0, 0.1) is 0 Å². The average molecular weight is 268 g/mol. The Balaban J connectivity index is 2.25. The number of esters is 1. The van der Waals surface area contributed by atoms with Crippen molar-refractivity contribution in [2.45, 2.75) is 6.42 Å². The molecule has 3 heteroatoms. The maximum Gasteiger partial charge on any atom is 0.343 e. The molecule has 0 saturated heterocycles. The zero-order chi connectivity index (χ0) is 14.4. The summed E-state index contributed by atoms with van der Waals surface area (Å²) in [4.78, 5) is 12.1. The second-order valence-electron chi connectivity index (χ2n) is 4.23. The Kier molecular flexibility index (Phi) is 4.56. The quantitative estimate of drug-likeness (QED) is 0.472. The van der Waals surface area contributed by atoms with Gasteiger partial charge in [0.15, 0.2) is 11.5 Å². The molecule has 0 aliphatic heterocycles. The first-order valence-corrected chi connectivity index (χ1v) is 6.29. The van der Waals surface area contributed by atoms with Crippen LogP contribution >= 0.6 is 0 Å². The topological polar surface area (TPSA) is 35.5 Å². The fourth-order valence-corrected chi connectivity index (χ4v) is 1.83. The first kappa shape index (κ1) is 13.9. The Morgan fingerprint density at radius 2 is 1.90 bits per heavy atom. The highest BCUT2D eigenvalue weighted by Gasteiger charge is 2.12. The second-order valence-corrected chi connectivity index (χ2v) is 4.23. The van der Waals surface area contributed by atoms with Gasteiger partial charge in [0, 0.05) is 0 Å². The van der Waals surface area contributed by atoms with Gasteiger partial charge in [-0.25, -0.2) is 4.79 Å². The fourth-order valence-electron chi connectivity index (χ4n) is 1.83. The van der Waals surface area contributed by atoms with Gasteiger partial charge in [0.25, 0.3) is 0 Å². The van der Waals surface area contributed by atoms with Crippen molar-refractivity contribution in [1.29, 1.82) is 0 Å². The Labute approximate surface area is 118 Å². The van der Waals surface area contributed by atoms with E-state index in [4.69, 9.17) is 9.47 Å². The Morgan fingerprint density at radius 1 is 1.15 bits per heavy atom. The zero-order valence-corrected chi connectivity index (χ0v) is 11.3. The molecule has 0 atom stereocenters. The molecule has 0 unspecified atom stereocenters. The summed E-state index contributed by atoms with van der Waals surface area (Å²) >= 11 is 0. The molecule has 3 nitrogen and oxygen atoms in total. The third kappa shape index (κ3) is 3.26. The molecule has 0 aromatic heterocycles. The second kappa shape index (κ2) is 6.57. The van der Waals surface area contributed by atoms with E-state index in [2.05, 4.69) is 6.58 Å². The number of carbonyl (C=O) groups excluding carboxylic acids is 1. The lowest BCUT2D eigenvalue weighted by Gasteiger charge is -2.10. The molecule has 2 aromatic rings. The molecule has 0 fully saturated rings. The number of allylic oxidation sites excluding steroid dienone is 1. The van der Waals surface area contributed by atoms with Gasteiger partial charge in [0.1, 0.15) is 0 Å². The highest BCUT2D eigenvalue weighted by Crippen LogP contribution is 2.29. The van der Waals surface area contributed by atoms with Crippen molar-refractivity contribution < 1.29 is 14.3 Å². The molecular weight excluding hydrogens is 252 g/mol. The maximum atomic E-state index is 12.1. The van der Waals surface area contributed by atoms with Gasteiger partial charge in [-0.2, -0.15) is 0 Å². The summed E-state index contributed by atoms with van der Waals surface area (Å²) in [6, 6.07) is 14.4. The predicted octanol–water partition coefficient (Wildman–Crippen LogP) is 3.64. The van der Waals surface area contributed by atoms with Crippen molar-refractivity contribution in [1.82, 2.24) is 0 Å². The first-order valence-electron chi connectivity index (χ1n) is 6.29. The largest absolute Gasteiger partial charge is 0.493 e. The van der Waals surface area contributed by atoms with Crippen LogP contribution in [0.25, 0.3) is 0 Å². The molecule has 0 bridgehead atoms. The number of hydrogen-bond donors (Lipinski definition) is 0. The van der Waals surface area contributed by atoms with Crippen LogP contribution in [0.1, 0.15) is 15.9 Å². The minimum absolute atomic E-state index is 0.403. The van der Waals surface area contributed by atoms with E-state index < -0.39 is 5.97 Å². The van der Waals surface area contributed by atoms with Gasteiger partial charge in [-0.15, -0.1) is 6.58 Å². The van der Waals surface area contributed by atoms with E-state index in [1.165, 1.54) is 0 Å². The van der Waals surface area contributed by atoms with Crippen LogP contribution in [0.3, 0.4) is 0 Å². The average Bonchev–Trinajstić information content (AvgIpc) is 2.49. The lowest BCUT2D eigenvalue weighted by molar-refractivity contribution is 0.0729. The number of methoxy groups -OCH3 is 1. The van der Waals surface area contributed by atoms with Gasteiger partial charge in [-0.05, 0) is 36.2 Å². The minimum Gasteiger partial charge on any atom is -0.493 e. The van der Waals surface area contributed by atoms with Gasteiger partial charge in [-0.1, -0.05) is 30.3 Å². The van der Waals surface area contributed by atoms with E-state index in [0.29, 0.717) is 23.5 Å². The van der Waals surface area contributed by atoms with E-state index >= 15 is 0 Å². The molecule has 0 amide bonds. The number of hydrogen-bond acceptors (Lipinski definition) is 3. The van der Waals surface area contributed by atoms with E-state index in [-0.39, 0.29) is 0 Å². The van der Waals surface area contributed by atoms with Crippen LogP contribution in [0.5, 0.6) is 11.5 Å². The van der Waals surface area contributed by atoms with Crippen LogP contribution < -0.4 is 9.47 Å². The van der Waals surface area contributed by atoms with Crippen molar-refractivity contribution in [2.75, 3.05) is 7.11 Å². The summed E-state index contributed by atoms with van der Waals surface area (Å²) in [5.41, 5.74) is 1.51. The monoisotopic (exact) mass is 268 g/mol. The summed E-state index contributed by atoms with van der Waals surface area (Å²) in [5.74, 6) is 0.544. The lowest BCUT2D eigenvalue weighted by Crippen LogP contribution is -2.09. The van der Waals surface area contributed by atoms with Crippen molar-refractivity contribution in [3.63, 3.8) is 0 Å². The van der Waals surface area contributed by atoms with Gasteiger partial charge < -0.3 is 9.47 Å². The number of ether oxygens (including phenoxy) is 2. The van der Waals surface area contributed by atoms with Crippen LogP contribution in [-0.2, 0) is 6.42 Å². The Bertz CT molecular complexity index is 603. The summed E-state index contributed by atoms with van der Waals surface area (Å²) in [5, 5.41) is 0. The van der Waals surface area contributed by atoms with Gasteiger partial charge in [0.05, 0.1) is 12.7 Å². The third-order valence-electron chi connectivity index (χ3n) is 2.82. The zero-order valence-electron chi connectivity index (χ0n) is 11.3. The van der Waals surface area contributed by atoms with Crippen LogP contribution in [0.15, 0.2) is 61.2 Å². The normalized spacial score (nSPS) is 9.85. The Hall–Kier alpha value is -2.55. The number of rotatable bonds is 5. The molecule has 0 aliphatic rings. The van der Waals surface area contributed by atoms with Gasteiger partial charge in [-0.3, -0.25) is 0 Å². The molecule has 2 aromatic carbocycles. The smallest absolute Gasteiger partial charge is 0.343 e.